The summed E-state index contributed by atoms with van der Waals surface area (Å²) in [4.78, 5) is 16.7. The third-order valence-electron chi connectivity index (χ3n) is 5.56. The standard InChI is InChI=1S/C25H26ClN3O4S/c26-23-17-22(34(31,32)27-21-9-5-2-6-10-21)11-12-24(23)33-19-25(30)29-15-13-28(14-16-29)18-20-7-3-1-4-8-20/h1-12,17,27H,13-16,18-19H2. The van der Waals surface area contributed by atoms with Crippen LogP contribution in [0.25, 0.3) is 0 Å². The first-order valence-corrected chi connectivity index (χ1v) is 12.8. The smallest absolute Gasteiger partial charge is 0.261 e. The lowest BCUT2D eigenvalue weighted by Gasteiger charge is -2.34. The number of sulfonamides is 1. The number of hydrogen-bond acceptors (Lipinski definition) is 5. The largest absolute Gasteiger partial charge is 0.482 e. The average molecular weight is 500 g/mol. The van der Waals surface area contributed by atoms with Crippen molar-refractivity contribution >= 4 is 33.2 Å². The molecule has 1 heterocycles. The Balaban J connectivity index is 1.28. The summed E-state index contributed by atoms with van der Waals surface area (Å²) in [7, 11) is -3.80. The van der Waals surface area contributed by atoms with Crippen LogP contribution in [0.4, 0.5) is 5.69 Å². The zero-order chi connectivity index (χ0) is 24.0. The van der Waals surface area contributed by atoms with Crippen LogP contribution in [-0.4, -0.2) is 56.9 Å². The van der Waals surface area contributed by atoms with E-state index in [-0.39, 0.29) is 28.2 Å². The van der Waals surface area contributed by atoms with E-state index < -0.39 is 10.0 Å². The van der Waals surface area contributed by atoms with Crippen molar-refractivity contribution < 1.29 is 17.9 Å². The van der Waals surface area contributed by atoms with Gasteiger partial charge in [0.1, 0.15) is 5.75 Å². The molecule has 0 aromatic heterocycles. The van der Waals surface area contributed by atoms with Crippen LogP contribution >= 0.6 is 11.6 Å². The Morgan fingerprint density at radius 2 is 1.56 bits per heavy atom. The van der Waals surface area contributed by atoms with Crippen LogP contribution < -0.4 is 9.46 Å². The van der Waals surface area contributed by atoms with Crippen molar-refractivity contribution in [2.45, 2.75) is 11.4 Å². The van der Waals surface area contributed by atoms with Crippen molar-refractivity contribution in [1.82, 2.24) is 9.80 Å². The van der Waals surface area contributed by atoms with Gasteiger partial charge in [0.2, 0.25) is 0 Å². The number of rotatable bonds is 8. The summed E-state index contributed by atoms with van der Waals surface area (Å²) in [5, 5.41) is 0.122. The SMILES string of the molecule is O=C(COc1ccc(S(=O)(=O)Nc2ccccc2)cc1Cl)N1CCN(Cc2ccccc2)CC1. The van der Waals surface area contributed by atoms with Gasteiger partial charge < -0.3 is 9.64 Å². The molecule has 3 aromatic rings. The second-order valence-electron chi connectivity index (χ2n) is 7.99. The summed E-state index contributed by atoms with van der Waals surface area (Å²) in [6.45, 7) is 3.55. The van der Waals surface area contributed by atoms with Gasteiger partial charge in [0.05, 0.1) is 9.92 Å². The molecule has 0 bridgehead atoms. The number of para-hydroxylation sites is 1. The predicted molar refractivity (Wildman–Crippen MR) is 132 cm³/mol. The molecule has 34 heavy (non-hydrogen) atoms. The zero-order valence-corrected chi connectivity index (χ0v) is 20.1. The van der Waals surface area contributed by atoms with Crippen LogP contribution in [0.1, 0.15) is 5.56 Å². The Morgan fingerprint density at radius 3 is 2.21 bits per heavy atom. The highest BCUT2D eigenvalue weighted by Crippen LogP contribution is 2.28. The maximum absolute atomic E-state index is 12.6. The quantitative estimate of drug-likeness (QED) is 0.509. The number of hydrogen-bond donors (Lipinski definition) is 1. The zero-order valence-electron chi connectivity index (χ0n) is 18.6. The molecule has 0 aliphatic carbocycles. The van der Waals surface area contributed by atoms with E-state index in [1.807, 2.05) is 18.2 Å². The second-order valence-corrected chi connectivity index (χ2v) is 10.1. The monoisotopic (exact) mass is 499 g/mol. The minimum atomic E-state index is -3.80. The minimum absolute atomic E-state index is 0.00886. The van der Waals surface area contributed by atoms with E-state index in [0.29, 0.717) is 18.8 Å². The van der Waals surface area contributed by atoms with Gasteiger partial charge in [-0.25, -0.2) is 8.42 Å². The number of nitrogens with zero attached hydrogens (tertiary/aromatic N) is 2. The van der Waals surface area contributed by atoms with Gasteiger partial charge in [0, 0.05) is 38.4 Å². The van der Waals surface area contributed by atoms with Crippen molar-refractivity contribution in [3.8, 4) is 5.75 Å². The van der Waals surface area contributed by atoms with E-state index in [1.54, 1.807) is 35.2 Å². The molecule has 1 aliphatic heterocycles. The molecular weight excluding hydrogens is 474 g/mol. The summed E-state index contributed by atoms with van der Waals surface area (Å²) in [5.41, 5.74) is 1.71. The van der Waals surface area contributed by atoms with E-state index in [2.05, 4.69) is 21.8 Å². The molecule has 9 heteroatoms. The Labute approximate surface area is 205 Å². The fourth-order valence-corrected chi connectivity index (χ4v) is 5.10. The Hall–Kier alpha value is -3.07. The van der Waals surface area contributed by atoms with E-state index in [1.165, 1.54) is 23.8 Å². The first-order valence-electron chi connectivity index (χ1n) is 10.9. The number of amides is 1. The molecule has 4 rings (SSSR count). The summed E-state index contributed by atoms with van der Waals surface area (Å²) < 4.78 is 33.3. The van der Waals surface area contributed by atoms with Gasteiger partial charge in [-0.3, -0.25) is 14.4 Å². The summed E-state index contributed by atoms with van der Waals surface area (Å²) in [6.07, 6.45) is 0. The van der Waals surface area contributed by atoms with E-state index in [4.69, 9.17) is 16.3 Å². The van der Waals surface area contributed by atoms with E-state index >= 15 is 0 Å². The number of benzene rings is 3. The molecule has 3 aromatic carbocycles. The molecule has 1 amide bonds. The van der Waals surface area contributed by atoms with Crippen LogP contribution in [0, 0.1) is 0 Å². The molecule has 0 unspecified atom stereocenters. The number of carbonyl (C=O) groups is 1. The Kier molecular flexibility index (Phi) is 7.72. The number of ether oxygens (including phenoxy) is 1. The molecular formula is C25H26ClN3O4S. The third kappa shape index (κ3) is 6.28. The molecule has 0 saturated carbocycles. The lowest BCUT2D eigenvalue weighted by Crippen LogP contribution is -2.49. The van der Waals surface area contributed by atoms with Crippen molar-refractivity contribution in [2.24, 2.45) is 0 Å². The van der Waals surface area contributed by atoms with Gasteiger partial charge in [-0.05, 0) is 35.9 Å². The second kappa shape index (κ2) is 10.9. The molecule has 178 valence electrons. The molecule has 7 nitrogen and oxygen atoms in total. The number of halogens is 1. The summed E-state index contributed by atoms with van der Waals surface area (Å²) >= 11 is 6.26. The predicted octanol–water partition coefficient (Wildman–Crippen LogP) is 3.86. The number of carbonyl (C=O) groups excluding carboxylic acids is 1. The van der Waals surface area contributed by atoms with Crippen molar-refractivity contribution in [3.63, 3.8) is 0 Å². The Morgan fingerprint density at radius 1 is 0.912 bits per heavy atom. The molecule has 1 saturated heterocycles. The van der Waals surface area contributed by atoms with Crippen molar-refractivity contribution in [3.05, 3.63) is 89.4 Å². The van der Waals surface area contributed by atoms with Crippen LogP contribution in [-0.2, 0) is 21.4 Å². The maximum atomic E-state index is 12.6. The summed E-state index contributed by atoms with van der Waals surface area (Å²) in [6, 6.07) is 23.0. The highest BCUT2D eigenvalue weighted by molar-refractivity contribution is 7.92. The van der Waals surface area contributed by atoms with E-state index in [0.717, 1.165) is 19.6 Å². The lowest BCUT2D eigenvalue weighted by atomic mass is 10.2. The fraction of sp³-hybridized carbons (Fsp3) is 0.240. The molecule has 1 aliphatic rings. The molecule has 0 spiro atoms. The third-order valence-corrected chi connectivity index (χ3v) is 7.24. The van der Waals surface area contributed by atoms with Gasteiger partial charge in [-0.1, -0.05) is 60.1 Å². The molecule has 1 N–H and O–H groups in total. The summed E-state index contributed by atoms with van der Waals surface area (Å²) in [5.74, 6) is 0.134. The van der Waals surface area contributed by atoms with Gasteiger partial charge >= 0.3 is 0 Å². The van der Waals surface area contributed by atoms with Gasteiger partial charge in [-0.15, -0.1) is 0 Å². The van der Waals surface area contributed by atoms with Gasteiger partial charge in [0.25, 0.3) is 15.9 Å². The fourth-order valence-electron chi connectivity index (χ4n) is 3.71. The van der Waals surface area contributed by atoms with Gasteiger partial charge in [0.15, 0.2) is 6.61 Å². The lowest BCUT2D eigenvalue weighted by molar-refractivity contribution is -0.135. The maximum Gasteiger partial charge on any atom is 0.261 e. The molecule has 0 atom stereocenters. The first kappa shape index (κ1) is 24.1. The highest BCUT2D eigenvalue weighted by atomic mass is 35.5. The average Bonchev–Trinajstić information content (AvgIpc) is 2.84. The van der Waals surface area contributed by atoms with Crippen molar-refractivity contribution in [1.29, 1.82) is 0 Å². The van der Waals surface area contributed by atoms with Crippen LogP contribution in [0.15, 0.2) is 83.8 Å². The molecule has 1 fully saturated rings. The first-order chi connectivity index (χ1) is 16.4. The normalized spacial score (nSPS) is 14.6. The van der Waals surface area contributed by atoms with Crippen LogP contribution in [0.2, 0.25) is 5.02 Å². The van der Waals surface area contributed by atoms with Crippen molar-refractivity contribution in [2.75, 3.05) is 37.5 Å². The van der Waals surface area contributed by atoms with Crippen LogP contribution in [0.5, 0.6) is 5.75 Å². The minimum Gasteiger partial charge on any atom is -0.482 e. The molecule has 0 radical (unpaired) electrons. The van der Waals surface area contributed by atoms with Gasteiger partial charge in [-0.2, -0.15) is 0 Å². The van der Waals surface area contributed by atoms with E-state index in [9.17, 15) is 13.2 Å². The number of piperazine rings is 1. The number of nitrogens with one attached hydrogen (secondary N) is 1. The van der Waals surface area contributed by atoms with Crippen LogP contribution in [0.3, 0.4) is 0 Å². The number of anilines is 1. The topological polar surface area (TPSA) is 78.9 Å². The highest BCUT2D eigenvalue weighted by Gasteiger charge is 2.22. The Bertz CT molecular complexity index is 1220.